The van der Waals surface area contributed by atoms with E-state index in [1.54, 1.807) is 36.5 Å². The fourth-order valence-electron chi connectivity index (χ4n) is 2.19. The molecule has 0 radical (unpaired) electrons. The minimum atomic E-state index is -0.279. The average Bonchev–Trinajstić information content (AvgIpc) is 2.95. The highest BCUT2D eigenvalue weighted by Gasteiger charge is 2.13. The Labute approximate surface area is 126 Å². The molecule has 21 heavy (non-hydrogen) atoms. The topological polar surface area (TPSA) is 68.7 Å². The number of anilines is 1. The molecule has 0 aliphatic rings. The molecule has 3 rings (SSSR count). The van der Waals surface area contributed by atoms with Crippen molar-refractivity contribution in [1.82, 2.24) is 4.98 Å². The zero-order valence-corrected chi connectivity index (χ0v) is 11.6. The van der Waals surface area contributed by atoms with E-state index in [4.69, 9.17) is 16.9 Å². The Balaban J connectivity index is 1.99. The third kappa shape index (κ3) is 2.47. The number of carbonyl (C=O) groups is 1. The maximum absolute atomic E-state index is 12.4. The number of rotatable bonds is 2. The summed E-state index contributed by atoms with van der Waals surface area (Å²) < 4.78 is 0. The van der Waals surface area contributed by atoms with Crippen LogP contribution in [0.25, 0.3) is 10.9 Å². The molecule has 0 saturated heterocycles. The number of benzene rings is 2. The Kier molecular flexibility index (Phi) is 3.35. The average molecular weight is 296 g/mol. The van der Waals surface area contributed by atoms with Gasteiger partial charge < -0.3 is 10.3 Å². The van der Waals surface area contributed by atoms with E-state index in [1.165, 1.54) is 0 Å². The zero-order chi connectivity index (χ0) is 14.8. The fourth-order valence-corrected chi connectivity index (χ4v) is 2.36. The number of hydrogen-bond acceptors (Lipinski definition) is 2. The number of carbonyl (C=O) groups excluding carboxylic acids is 1. The van der Waals surface area contributed by atoms with Crippen LogP contribution >= 0.6 is 11.6 Å². The Bertz CT molecular complexity index is 877. The van der Waals surface area contributed by atoms with Crippen LogP contribution in [0.5, 0.6) is 0 Å². The fraction of sp³-hybridized carbons (Fsp3) is 0. The molecule has 0 aliphatic carbocycles. The molecule has 0 bridgehead atoms. The molecule has 0 aliphatic heterocycles. The predicted octanol–water partition coefficient (Wildman–Crippen LogP) is 3.95. The lowest BCUT2D eigenvalue weighted by Crippen LogP contribution is -2.13. The summed E-state index contributed by atoms with van der Waals surface area (Å²) in [5.74, 6) is -0.279. The first kappa shape index (κ1) is 13.2. The number of nitrogens with one attached hydrogen (secondary N) is 2. The van der Waals surface area contributed by atoms with Gasteiger partial charge in [0.15, 0.2) is 0 Å². The number of H-pyrrole nitrogens is 1. The molecule has 2 N–H and O–H groups in total. The van der Waals surface area contributed by atoms with Crippen molar-refractivity contribution in [3.05, 3.63) is 64.8 Å². The van der Waals surface area contributed by atoms with E-state index in [-0.39, 0.29) is 5.91 Å². The van der Waals surface area contributed by atoms with Crippen molar-refractivity contribution in [2.75, 3.05) is 5.32 Å². The van der Waals surface area contributed by atoms with E-state index >= 15 is 0 Å². The number of aromatic amines is 1. The SMILES string of the molecule is N#Cc1ccc(Cl)cc1NC(=O)c1cccc2[nH]ccc12. The number of fused-ring (bicyclic) bond motifs is 1. The maximum atomic E-state index is 12.4. The first-order valence-electron chi connectivity index (χ1n) is 6.26. The quantitative estimate of drug-likeness (QED) is 0.751. The first-order chi connectivity index (χ1) is 10.2. The lowest BCUT2D eigenvalue weighted by atomic mass is 10.1. The summed E-state index contributed by atoms with van der Waals surface area (Å²) in [5.41, 5.74) is 2.20. The smallest absolute Gasteiger partial charge is 0.256 e. The molecule has 102 valence electrons. The Hall–Kier alpha value is -2.77. The molecule has 5 heteroatoms. The number of aromatic nitrogens is 1. The van der Waals surface area contributed by atoms with Gasteiger partial charge in [-0.2, -0.15) is 5.26 Å². The van der Waals surface area contributed by atoms with Crippen LogP contribution in [0.4, 0.5) is 5.69 Å². The first-order valence-corrected chi connectivity index (χ1v) is 6.64. The van der Waals surface area contributed by atoms with Gasteiger partial charge in [0, 0.05) is 27.7 Å². The van der Waals surface area contributed by atoms with Gasteiger partial charge in [-0.05, 0) is 36.4 Å². The molecular formula is C16H10ClN3O. The van der Waals surface area contributed by atoms with Crippen LogP contribution in [0.3, 0.4) is 0 Å². The van der Waals surface area contributed by atoms with Crippen LogP contribution in [0.15, 0.2) is 48.7 Å². The second-order valence-corrected chi connectivity index (χ2v) is 4.94. The van der Waals surface area contributed by atoms with Crippen LogP contribution in [-0.2, 0) is 0 Å². The molecule has 1 aromatic heterocycles. The summed E-state index contributed by atoms with van der Waals surface area (Å²) in [6, 6.07) is 14.1. The highest BCUT2D eigenvalue weighted by molar-refractivity contribution is 6.31. The predicted molar refractivity (Wildman–Crippen MR) is 82.4 cm³/mol. The summed E-state index contributed by atoms with van der Waals surface area (Å²) in [4.78, 5) is 15.5. The van der Waals surface area contributed by atoms with E-state index in [2.05, 4.69) is 10.3 Å². The van der Waals surface area contributed by atoms with Gasteiger partial charge in [-0.15, -0.1) is 0 Å². The molecule has 0 saturated carbocycles. The van der Waals surface area contributed by atoms with E-state index in [0.29, 0.717) is 21.8 Å². The molecule has 0 unspecified atom stereocenters. The van der Waals surface area contributed by atoms with Crippen LogP contribution in [0.2, 0.25) is 5.02 Å². The number of hydrogen-bond donors (Lipinski definition) is 2. The molecule has 0 spiro atoms. The lowest BCUT2D eigenvalue weighted by Gasteiger charge is -2.08. The zero-order valence-electron chi connectivity index (χ0n) is 10.9. The lowest BCUT2D eigenvalue weighted by molar-refractivity contribution is 0.102. The van der Waals surface area contributed by atoms with Crippen LogP contribution in [0, 0.1) is 11.3 Å². The molecule has 1 heterocycles. The number of nitriles is 1. The van der Waals surface area contributed by atoms with Crippen molar-refractivity contribution in [3.8, 4) is 6.07 Å². The monoisotopic (exact) mass is 295 g/mol. The minimum absolute atomic E-state index is 0.279. The van der Waals surface area contributed by atoms with E-state index in [0.717, 1.165) is 10.9 Å². The number of amides is 1. The van der Waals surface area contributed by atoms with Gasteiger partial charge in [-0.1, -0.05) is 17.7 Å². The van der Waals surface area contributed by atoms with Gasteiger partial charge in [-0.25, -0.2) is 0 Å². The van der Waals surface area contributed by atoms with Gasteiger partial charge in [0.05, 0.1) is 11.3 Å². The van der Waals surface area contributed by atoms with Crippen molar-refractivity contribution < 1.29 is 4.79 Å². The van der Waals surface area contributed by atoms with Crippen molar-refractivity contribution in [1.29, 1.82) is 5.26 Å². The summed E-state index contributed by atoms with van der Waals surface area (Å²) in [6.45, 7) is 0. The van der Waals surface area contributed by atoms with Crippen molar-refractivity contribution >= 4 is 34.1 Å². The summed E-state index contributed by atoms with van der Waals surface area (Å²) in [7, 11) is 0. The third-order valence-electron chi connectivity index (χ3n) is 3.19. The van der Waals surface area contributed by atoms with Gasteiger partial charge in [0.25, 0.3) is 5.91 Å². The van der Waals surface area contributed by atoms with Crippen LogP contribution in [-0.4, -0.2) is 10.9 Å². The van der Waals surface area contributed by atoms with Crippen molar-refractivity contribution in [2.45, 2.75) is 0 Å². The maximum Gasteiger partial charge on any atom is 0.256 e. The highest BCUT2D eigenvalue weighted by Crippen LogP contribution is 2.23. The number of halogens is 1. The largest absolute Gasteiger partial charge is 0.361 e. The molecule has 0 atom stereocenters. The second-order valence-electron chi connectivity index (χ2n) is 4.50. The summed E-state index contributed by atoms with van der Waals surface area (Å²) in [6.07, 6.45) is 1.78. The molecule has 4 nitrogen and oxygen atoms in total. The van der Waals surface area contributed by atoms with Crippen molar-refractivity contribution in [3.63, 3.8) is 0 Å². The van der Waals surface area contributed by atoms with Gasteiger partial charge in [-0.3, -0.25) is 4.79 Å². The van der Waals surface area contributed by atoms with Gasteiger partial charge in [0.1, 0.15) is 6.07 Å². The molecular weight excluding hydrogens is 286 g/mol. The summed E-state index contributed by atoms with van der Waals surface area (Å²) in [5, 5.41) is 13.1. The minimum Gasteiger partial charge on any atom is -0.361 e. The third-order valence-corrected chi connectivity index (χ3v) is 3.42. The normalized spacial score (nSPS) is 10.3. The molecule has 1 amide bonds. The van der Waals surface area contributed by atoms with Crippen LogP contribution in [0.1, 0.15) is 15.9 Å². The Morgan fingerprint density at radius 3 is 2.90 bits per heavy atom. The standard InChI is InChI=1S/C16H10ClN3O/c17-11-5-4-10(9-18)15(8-11)20-16(21)13-2-1-3-14-12(13)6-7-19-14/h1-8,19H,(H,20,21). The summed E-state index contributed by atoms with van der Waals surface area (Å²) >= 11 is 5.92. The Morgan fingerprint density at radius 1 is 1.24 bits per heavy atom. The molecule has 0 fully saturated rings. The Morgan fingerprint density at radius 2 is 2.10 bits per heavy atom. The number of nitrogens with zero attached hydrogens (tertiary/aromatic N) is 1. The van der Waals surface area contributed by atoms with E-state index in [1.807, 2.05) is 18.2 Å². The van der Waals surface area contributed by atoms with E-state index < -0.39 is 0 Å². The van der Waals surface area contributed by atoms with Gasteiger partial charge in [0.2, 0.25) is 0 Å². The molecule has 2 aromatic carbocycles. The van der Waals surface area contributed by atoms with Gasteiger partial charge >= 0.3 is 0 Å². The molecule has 3 aromatic rings. The van der Waals surface area contributed by atoms with Crippen LogP contribution < -0.4 is 5.32 Å². The highest BCUT2D eigenvalue weighted by atomic mass is 35.5. The second kappa shape index (κ2) is 5.31. The van der Waals surface area contributed by atoms with E-state index in [9.17, 15) is 4.79 Å². The van der Waals surface area contributed by atoms with Crippen molar-refractivity contribution in [2.24, 2.45) is 0 Å².